The van der Waals surface area contributed by atoms with Gasteiger partial charge >= 0.3 is 5.97 Å². The highest BCUT2D eigenvalue weighted by molar-refractivity contribution is 5.95. The molecule has 98 valence electrons. The van der Waals surface area contributed by atoms with Gasteiger partial charge in [-0.3, -0.25) is 0 Å². The molecule has 0 unspecified atom stereocenters. The molecular formula is C16H17NO2. The van der Waals surface area contributed by atoms with Crippen molar-refractivity contribution in [2.45, 2.75) is 13.8 Å². The smallest absolute Gasteiger partial charge is 0.337 e. The number of hydrogen-bond acceptors (Lipinski definition) is 2. The van der Waals surface area contributed by atoms with E-state index < -0.39 is 5.97 Å². The van der Waals surface area contributed by atoms with Crippen molar-refractivity contribution in [1.82, 2.24) is 0 Å². The van der Waals surface area contributed by atoms with Crippen LogP contribution in [0.3, 0.4) is 0 Å². The Morgan fingerprint density at radius 1 is 1.05 bits per heavy atom. The van der Waals surface area contributed by atoms with Crippen LogP contribution in [0.5, 0.6) is 0 Å². The minimum Gasteiger partial charge on any atom is -0.478 e. The maximum absolute atomic E-state index is 11.3. The molecule has 3 heteroatoms. The topological polar surface area (TPSA) is 40.5 Å². The van der Waals surface area contributed by atoms with Gasteiger partial charge < -0.3 is 10.0 Å². The van der Waals surface area contributed by atoms with Crippen molar-refractivity contribution in [3.63, 3.8) is 0 Å². The Bertz CT molecular complexity index is 620. The minimum absolute atomic E-state index is 0.314. The van der Waals surface area contributed by atoms with Crippen LogP contribution in [0.4, 0.5) is 11.4 Å². The molecule has 0 radical (unpaired) electrons. The zero-order chi connectivity index (χ0) is 14.0. The molecule has 0 aliphatic heterocycles. The summed E-state index contributed by atoms with van der Waals surface area (Å²) in [4.78, 5) is 13.2. The molecule has 0 heterocycles. The van der Waals surface area contributed by atoms with Crippen molar-refractivity contribution in [2.24, 2.45) is 0 Å². The number of rotatable bonds is 3. The zero-order valence-electron chi connectivity index (χ0n) is 11.3. The second-order valence-electron chi connectivity index (χ2n) is 4.72. The van der Waals surface area contributed by atoms with Crippen LogP contribution in [0.15, 0.2) is 42.5 Å². The minimum atomic E-state index is -0.908. The lowest BCUT2D eigenvalue weighted by molar-refractivity contribution is 0.0697. The Balaban J connectivity index is 2.51. The SMILES string of the molecule is Cc1cccc(N(C)c2cc(C)ccc2C(=O)O)c1. The molecule has 2 aromatic carbocycles. The summed E-state index contributed by atoms with van der Waals surface area (Å²) >= 11 is 0. The Hall–Kier alpha value is -2.29. The van der Waals surface area contributed by atoms with E-state index in [2.05, 4.69) is 0 Å². The summed E-state index contributed by atoms with van der Waals surface area (Å²) in [7, 11) is 1.88. The van der Waals surface area contributed by atoms with Crippen LogP contribution in [-0.2, 0) is 0 Å². The lowest BCUT2D eigenvalue weighted by Gasteiger charge is -2.22. The maximum atomic E-state index is 11.3. The average molecular weight is 255 g/mol. The lowest BCUT2D eigenvalue weighted by Crippen LogP contribution is -2.14. The number of aryl methyl sites for hydroxylation is 2. The molecular weight excluding hydrogens is 238 g/mol. The van der Waals surface area contributed by atoms with Gasteiger partial charge in [-0.2, -0.15) is 0 Å². The fraction of sp³-hybridized carbons (Fsp3) is 0.188. The standard InChI is InChI=1S/C16H17NO2/c1-11-5-4-6-13(9-11)17(3)15-10-12(2)7-8-14(15)16(18)19/h4-10H,1-3H3,(H,18,19). The van der Waals surface area contributed by atoms with Crippen LogP contribution in [0, 0.1) is 13.8 Å². The van der Waals surface area contributed by atoms with Crippen LogP contribution in [0.25, 0.3) is 0 Å². The van der Waals surface area contributed by atoms with E-state index in [1.54, 1.807) is 6.07 Å². The first-order valence-corrected chi connectivity index (χ1v) is 6.13. The van der Waals surface area contributed by atoms with Crippen LogP contribution in [0.1, 0.15) is 21.5 Å². The van der Waals surface area contributed by atoms with Gasteiger partial charge in [-0.05, 0) is 49.2 Å². The molecule has 0 atom stereocenters. The van der Waals surface area contributed by atoms with Crippen molar-refractivity contribution < 1.29 is 9.90 Å². The van der Waals surface area contributed by atoms with Gasteiger partial charge in [-0.1, -0.05) is 18.2 Å². The van der Waals surface area contributed by atoms with Gasteiger partial charge in [0.05, 0.1) is 11.3 Å². The highest BCUT2D eigenvalue weighted by Gasteiger charge is 2.14. The van der Waals surface area contributed by atoms with Crippen molar-refractivity contribution >= 4 is 17.3 Å². The normalized spacial score (nSPS) is 10.3. The monoisotopic (exact) mass is 255 g/mol. The van der Waals surface area contributed by atoms with Gasteiger partial charge in [0.2, 0.25) is 0 Å². The van der Waals surface area contributed by atoms with Crippen LogP contribution in [-0.4, -0.2) is 18.1 Å². The number of aromatic carboxylic acids is 1. The van der Waals surface area contributed by atoms with Crippen LogP contribution < -0.4 is 4.90 Å². The number of hydrogen-bond donors (Lipinski definition) is 1. The van der Waals surface area contributed by atoms with E-state index in [-0.39, 0.29) is 0 Å². The molecule has 19 heavy (non-hydrogen) atoms. The molecule has 0 spiro atoms. The number of carbonyl (C=O) groups is 1. The van der Waals surface area contributed by atoms with E-state index in [0.29, 0.717) is 11.3 Å². The first-order chi connectivity index (χ1) is 8.99. The highest BCUT2D eigenvalue weighted by atomic mass is 16.4. The van der Waals surface area contributed by atoms with Crippen molar-refractivity contribution in [2.75, 3.05) is 11.9 Å². The van der Waals surface area contributed by atoms with Crippen LogP contribution in [0.2, 0.25) is 0 Å². The van der Waals surface area contributed by atoms with E-state index in [1.165, 1.54) is 0 Å². The summed E-state index contributed by atoms with van der Waals surface area (Å²) in [6, 6.07) is 13.4. The molecule has 0 saturated heterocycles. The summed E-state index contributed by atoms with van der Waals surface area (Å²) in [6.45, 7) is 3.98. The molecule has 3 nitrogen and oxygen atoms in total. The quantitative estimate of drug-likeness (QED) is 0.907. The van der Waals surface area contributed by atoms with Gasteiger partial charge in [-0.25, -0.2) is 4.79 Å². The second kappa shape index (κ2) is 5.14. The zero-order valence-corrected chi connectivity index (χ0v) is 11.3. The summed E-state index contributed by atoms with van der Waals surface area (Å²) in [5.41, 5.74) is 4.19. The van der Waals surface area contributed by atoms with Gasteiger partial charge in [0.1, 0.15) is 0 Å². The molecule has 0 aromatic heterocycles. The van der Waals surface area contributed by atoms with Gasteiger partial charge in [0.15, 0.2) is 0 Å². The van der Waals surface area contributed by atoms with Crippen molar-refractivity contribution in [3.05, 3.63) is 59.2 Å². The third kappa shape index (κ3) is 2.76. The number of carboxylic acid groups (broad SMARTS) is 1. The summed E-state index contributed by atoms with van der Waals surface area (Å²) < 4.78 is 0. The Morgan fingerprint density at radius 2 is 1.74 bits per heavy atom. The first-order valence-electron chi connectivity index (χ1n) is 6.13. The van der Waals surface area contributed by atoms with Crippen molar-refractivity contribution in [3.8, 4) is 0 Å². The molecule has 2 aromatic rings. The largest absolute Gasteiger partial charge is 0.478 e. The molecule has 1 N–H and O–H groups in total. The molecule has 0 aliphatic carbocycles. The number of benzene rings is 2. The predicted molar refractivity (Wildman–Crippen MR) is 77.4 cm³/mol. The fourth-order valence-corrected chi connectivity index (χ4v) is 2.08. The molecule has 0 amide bonds. The predicted octanol–water partition coefficient (Wildman–Crippen LogP) is 3.77. The number of nitrogens with zero attached hydrogens (tertiary/aromatic N) is 1. The van der Waals surface area contributed by atoms with E-state index in [1.807, 2.05) is 62.2 Å². The summed E-state index contributed by atoms with van der Waals surface area (Å²) in [6.07, 6.45) is 0. The molecule has 0 bridgehead atoms. The third-order valence-electron chi connectivity index (χ3n) is 3.13. The first kappa shape index (κ1) is 13.1. The van der Waals surface area contributed by atoms with E-state index in [9.17, 15) is 9.90 Å². The summed E-state index contributed by atoms with van der Waals surface area (Å²) in [5.74, 6) is -0.908. The van der Waals surface area contributed by atoms with Gasteiger partial charge in [0.25, 0.3) is 0 Å². The van der Waals surface area contributed by atoms with Gasteiger partial charge in [0, 0.05) is 12.7 Å². The number of anilines is 2. The van der Waals surface area contributed by atoms with Gasteiger partial charge in [-0.15, -0.1) is 0 Å². The van der Waals surface area contributed by atoms with E-state index in [0.717, 1.165) is 16.8 Å². The van der Waals surface area contributed by atoms with Crippen LogP contribution >= 0.6 is 0 Å². The Kier molecular flexibility index (Phi) is 3.56. The Labute approximate surface area is 113 Å². The Morgan fingerprint density at radius 3 is 2.37 bits per heavy atom. The molecule has 2 rings (SSSR count). The third-order valence-corrected chi connectivity index (χ3v) is 3.13. The molecule has 0 aliphatic rings. The summed E-state index contributed by atoms with van der Waals surface area (Å²) in [5, 5.41) is 9.28. The van der Waals surface area contributed by atoms with E-state index in [4.69, 9.17) is 0 Å². The fourth-order valence-electron chi connectivity index (χ4n) is 2.08. The molecule has 0 fully saturated rings. The molecule has 0 saturated carbocycles. The lowest BCUT2D eigenvalue weighted by atomic mass is 10.1. The number of carboxylic acids is 1. The van der Waals surface area contributed by atoms with E-state index >= 15 is 0 Å². The average Bonchev–Trinajstić information content (AvgIpc) is 2.37. The highest BCUT2D eigenvalue weighted by Crippen LogP contribution is 2.28. The second-order valence-corrected chi connectivity index (χ2v) is 4.72. The van der Waals surface area contributed by atoms with Crippen molar-refractivity contribution in [1.29, 1.82) is 0 Å². The maximum Gasteiger partial charge on any atom is 0.337 e.